The quantitative estimate of drug-likeness (QED) is 0.767. The fourth-order valence-corrected chi connectivity index (χ4v) is 6.48. The Kier molecular flexibility index (Phi) is 5.58. The Morgan fingerprint density at radius 1 is 0.966 bits per heavy atom. The van der Waals surface area contributed by atoms with Gasteiger partial charge in [-0.1, -0.05) is 12.1 Å². The van der Waals surface area contributed by atoms with Crippen molar-refractivity contribution in [2.24, 2.45) is 23.2 Å². The molecule has 5 heteroatoms. The predicted molar refractivity (Wildman–Crippen MR) is 115 cm³/mol. The van der Waals surface area contributed by atoms with E-state index in [1.54, 1.807) is 11.9 Å². The second-order valence-corrected chi connectivity index (χ2v) is 10.2. The first-order valence-electron chi connectivity index (χ1n) is 11.1. The number of hydrogen-bond donors (Lipinski definition) is 1. The zero-order valence-electron chi connectivity index (χ0n) is 18.1. The minimum Gasteiger partial charge on any atom is -0.378 e. The number of nitrogens with zero attached hydrogens (tertiary/aromatic N) is 2. The van der Waals surface area contributed by atoms with E-state index in [1.807, 2.05) is 26.2 Å². The van der Waals surface area contributed by atoms with Gasteiger partial charge in [-0.25, -0.2) is 0 Å². The molecule has 0 unspecified atom stereocenters. The highest BCUT2D eigenvalue weighted by atomic mass is 16.2. The Morgan fingerprint density at radius 2 is 1.52 bits per heavy atom. The van der Waals surface area contributed by atoms with E-state index in [-0.39, 0.29) is 23.8 Å². The van der Waals surface area contributed by atoms with E-state index >= 15 is 0 Å². The predicted octanol–water partition coefficient (Wildman–Crippen LogP) is 3.43. The van der Waals surface area contributed by atoms with Crippen molar-refractivity contribution in [3.63, 3.8) is 0 Å². The number of likely N-dealkylation sites (N-methyl/N-ethyl adjacent to an activating group) is 1. The van der Waals surface area contributed by atoms with E-state index in [9.17, 15) is 9.59 Å². The van der Waals surface area contributed by atoms with E-state index < -0.39 is 0 Å². The summed E-state index contributed by atoms with van der Waals surface area (Å²) in [5.41, 5.74) is 2.45. The summed E-state index contributed by atoms with van der Waals surface area (Å²) < 4.78 is 0. The van der Waals surface area contributed by atoms with Gasteiger partial charge in [0, 0.05) is 39.8 Å². The largest absolute Gasteiger partial charge is 0.378 e. The summed E-state index contributed by atoms with van der Waals surface area (Å²) in [6.07, 6.45) is 8.45. The average molecular weight is 398 g/mol. The van der Waals surface area contributed by atoms with Crippen LogP contribution in [-0.4, -0.2) is 44.4 Å². The third-order valence-electron chi connectivity index (χ3n) is 7.44. The van der Waals surface area contributed by atoms with Crippen molar-refractivity contribution in [3.05, 3.63) is 29.8 Å². The summed E-state index contributed by atoms with van der Waals surface area (Å²) in [6.45, 7) is 0.648. The number of benzene rings is 1. The number of nitrogens with one attached hydrogen (secondary N) is 1. The van der Waals surface area contributed by atoms with Gasteiger partial charge in [0.1, 0.15) is 0 Å². The highest BCUT2D eigenvalue weighted by molar-refractivity contribution is 5.84. The highest BCUT2D eigenvalue weighted by Crippen LogP contribution is 2.61. The van der Waals surface area contributed by atoms with Crippen LogP contribution in [0.5, 0.6) is 0 Å². The van der Waals surface area contributed by atoms with Crippen molar-refractivity contribution < 1.29 is 9.59 Å². The monoisotopic (exact) mass is 397 g/mol. The van der Waals surface area contributed by atoms with Crippen LogP contribution in [0.2, 0.25) is 0 Å². The lowest BCUT2D eigenvalue weighted by Crippen LogP contribution is -2.48. The van der Waals surface area contributed by atoms with Crippen LogP contribution in [0.1, 0.15) is 50.5 Å². The standard InChI is InChI=1S/C24H35N3O2/c1-26(2)21-6-4-17(5-7-21)16-27(3)23(29)15-25-22(28)14-24-11-18-8-19(12-24)10-20(9-18)13-24/h4-7,18-20H,8-16H2,1-3H3,(H,25,28). The van der Waals surface area contributed by atoms with Crippen LogP contribution in [0.3, 0.4) is 0 Å². The summed E-state index contributed by atoms with van der Waals surface area (Å²) in [5.74, 6) is 2.56. The van der Waals surface area contributed by atoms with Crippen molar-refractivity contribution in [1.29, 1.82) is 0 Å². The van der Waals surface area contributed by atoms with Gasteiger partial charge in [0.2, 0.25) is 11.8 Å². The summed E-state index contributed by atoms with van der Waals surface area (Å²) in [7, 11) is 5.82. The zero-order chi connectivity index (χ0) is 20.6. The molecule has 4 saturated carbocycles. The van der Waals surface area contributed by atoms with Crippen molar-refractivity contribution >= 4 is 17.5 Å². The second kappa shape index (κ2) is 8.00. The Bertz CT molecular complexity index is 721. The molecule has 0 spiro atoms. The molecule has 0 saturated heterocycles. The van der Waals surface area contributed by atoms with Crippen molar-refractivity contribution in [3.8, 4) is 0 Å². The molecular formula is C24H35N3O2. The van der Waals surface area contributed by atoms with Gasteiger partial charge in [0.15, 0.2) is 0 Å². The Balaban J connectivity index is 1.24. The van der Waals surface area contributed by atoms with Crippen LogP contribution in [-0.2, 0) is 16.1 Å². The maximum atomic E-state index is 12.6. The van der Waals surface area contributed by atoms with Crippen molar-refractivity contribution in [1.82, 2.24) is 10.2 Å². The lowest BCUT2D eigenvalue weighted by molar-refractivity contribution is -0.135. The number of rotatable bonds is 7. The molecule has 2 amide bonds. The molecule has 29 heavy (non-hydrogen) atoms. The molecule has 5 nitrogen and oxygen atoms in total. The topological polar surface area (TPSA) is 52.6 Å². The van der Waals surface area contributed by atoms with E-state index in [0.717, 1.165) is 29.0 Å². The Morgan fingerprint density at radius 3 is 2.03 bits per heavy atom. The zero-order valence-corrected chi connectivity index (χ0v) is 18.1. The second-order valence-electron chi connectivity index (χ2n) is 10.2. The van der Waals surface area contributed by atoms with Crippen molar-refractivity contribution in [2.75, 3.05) is 32.6 Å². The Labute approximate surface area is 174 Å². The van der Waals surface area contributed by atoms with Gasteiger partial charge in [-0.3, -0.25) is 9.59 Å². The molecule has 5 rings (SSSR count). The third-order valence-corrected chi connectivity index (χ3v) is 7.44. The van der Waals surface area contributed by atoms with Gasteiger partial charge in [-0.05, 0) is 79.4 Å². The number of amides is 2. The van der Waals surface area contributed by atoms with Crippen LogP contribution in [0, 0.1) is 23.2 Å². The van der Waals surface area contributed by atoms with Crippen LogP contribution in [0.15, 0.2) is 24.3 Å². The number of hydrogen-bond acceptors (Lipinski definition) is 3. The minimum atomic E-state index is -0.0412. The molecule has 1 aromatic rings. The SMILES string of the molecule is CN(Cc1ccc(N(C)C)cc1)C(=O)CNC(=O)CC12CC3CC(CC(C3)C1)C2. The van der Waals surface area contributed by atoms with Gasteiger partial charge in [0.25, 0.3) is 0 Å². The summed E-state index contributed by atoms with van der Waals surface area (Å²) in [4.78, 5) is 28.9. The molecule has 4 fully saturated rings. The Hall–Kier alpha value is -2.04. The van der Waals surface area contributed by atoms with Crippen LogP contribution in [0.25, 0.3) is 0 Å². The molecular weight excluding hydrogens is 362 g/mol. The first kappa shape index (κ1) is 20.2. The molecule has 0 aliphatic heterocycles. The summed E-state index contributed by atoms with van der Waals surface area (Å²) >= 11 is 0. The van der Waals surface area contributed by atoms with E-state index in [2.05, 4.69) is 22.3 Å². The van der Waals surface area contributed by atoms with Crippen LogP contribution < -0.4 is 10.2 Å². The maximum Gasteiger partial charge on any atom is 0.242 e. The van der Waals surface area contributed by atoms with Crippen LogP contribution >= 0.6 is 0 Å². The molecule has 4 aliphatic rings. The maximum absolute atomic E-state index is 12.6. The summed E-state index contributed by atoms with van der Waals surface area (Å²) in [6, 6.07) is 8.21. The molecule has 158 valence electrons. The molecule has 4 bridgehead atoms. The molecule has 1 aromatic carbocycles. The minimum absolute atomic E-state index is 0.0412. The summed E-state index contributed by atoms with van der Waals surface area (Å²) in [5, 5.41) is 2.91. The molecule has 0 radical (unpaired) electrons. The number of anilines is 1. The van der Waals surface area contributed by atoms with E-state index in [1.165, 1.54) is 38.5 Å². The number of carbonyl (C=O) groups is 2. The fraction of sp³-hybridized carbons (Fsp3) is 0.667. The fourth-order valence-electron chi connectivity index (χ4n) is 6.48. The first-order valence-corrected chi connectivity index (χ1v) is 11.1. The molecule has 0 atom stereocenters. The van der Waals surface area contributed by atoms with Crippen molar-refractivity contribution in [2.45, 2.75) is 51.5 Å². The smallest absolute Gasteiger partial charge is 0.242 e. The lowest BCUT2D eigenvalue weighted by Gasteiger charge is -2.56. The molecule has 1 N–H and O–H groups in total. The highest BCUT2D eigenvalue weighted by Gasteiger charge is 2.51. The molecule has 0 heterocycles. The lowest BCUT2D eigenvalue weighted by atomic mass is 9.49. The normalized spacial score (nSPS) is 29.6. The molecule has 0 aromatic heterocycles. The number of carbonyl (C=O) groups excluding carboxylic acids is 2. The first-order chi connectivity index (χ1) is 13.8. The van der Waals surface area contributed by atoms with Gasteiger partial charge < -0.3 is 15.1 Å². The van der Waals surface area contributed by atoms with E-state index in [4.69, 9.17) is 0 Å². The average Bonchev–Trinajstić information content (AvgIpc) is 2.65. The third kappa shape index (κ3) is 4.59. The van der Waals surface area contributed by atoms with Gasteiger partial charge in [0.05, 0.1) is 6.54 Å². The van der Waals surface area contributed by atoms with E-state index in [0.29, 0.717) is 13.0 Å². The van der Waals surface area contributed by atoms with Gasteiger partial charge in [-0.15, -0.1) is 0 Å². The van der Waals surface area contributed by atoms with Gasteiger partial charge >= 0.3 is 0 Å². The molecule has 4 aliphatic carbocycles. The van der Waals surface area contributed by atoms with Gasteiger partial charge in [-0.2, -0.15) is 0 Å². The van der Waals surface area contributed by atoms with Crippen LogP contribution in [0.4, 0.5) is 5.69 Å².